The predicted octanol–water partition coefficient (Wildman–Crippen LogP) is 1.71. The Morgan fingerprint density at radius 1 is 1.55 bits per heavy atom. The van der Waals surface area contributed by atoms with Gasteiger partial charge in [0, 0.05) is 20.2 Å². The van der Waals surface area contributed by atoms with Crippen LogP contribution < -0.4 is 0 Å². The summed E-state index contributed by atoms with van der Waals surface area (Å²) >= 11 is 1.32. The highest BCUT2D eigenvalue weighted by molar-refractivity contribution is 7.13. The number of likely N-dealkylation sites (tertiary alicyclic amines) is 1. The average Bonchev–Trinajstić information content (AvgIpc) is 3.03. The number of nitrogens with zero attached hydrogens (tertiary/aromatic N) is 2. The molecule has 1 saturated heterocycles. The number of hydrogen-bond acceptors (Lipinski definition) is 5. The fourth-order valence-electron chi connectivity index (χ4n) is 2.18. The van der Waals surface area contributed by atoms with Gasteiger partial charge in [-0.1, -0.05) is 0 Å². The van der Waals surface area contributed by atoms with Crippen LogP contribution in [0.4, 0.5) is 0 Å². The van der Waals surface area contributed by atoms with Gasteiger partial charge in [0.25, 0.3) is 5.91 Å². The molecule has 0 aliphatic carbocycles. The van der Waals surface area contributed by atoms with Crippen LogP contribution >= 0.6 is 11.3 Å². The Morgan fingerprint density at radius 2 is 2.25 bits per heavy atom. The lowest BCUT2D eigenvalue weighted by atomic mass is 10.1. The van der Waals surface area contributed by atoms with Gasteiger partial charge in [0.05, 0.1) is 11.6 Å². The van der Waals surface area contributed by atoms with Crippen LogP contribution in [0.1, 0.15) is 39.8 Å². The first-order valence-corrected chi connectivity index (χ1v) is 7.28. The van der Waals surface area contributed by atoms with E-state index in [-0.39, 0.29) is 18.6 Å². The summed E-state index contributed by atoms with van der Waals surface area (Å²) in [6, 6.07) is 0. The number of carboxylic acids is 1. The maximum absolute atomic E-state index is 12.4. The molecule has 1 aliphatic rings. The van der Waals surface area contributed by atoms with E-state index < -0.39 is 11.9 Å². The minimum atomic E-state index is -0.838. The second kappa shape index (κ2) is 5.88. The third-order valence-electron chi connectivity index (χ3n) is 3.53. The van der Waals surface area contributed by atoms with Crippen LogP contribution in [0, 0.1) is 12.8 Å². The highest BCUT2D eigenvalue weighted by Gasteiger charge is 2.33. The normalized spacial score (nSPS) is 20.1. The van der Waals surface area contributed by atoms with E-state index in [1.54, 1.807) is 18.9 Å². The molecule has 1 fully saturated rings. The van der Waals surface area contributed by atoms with Crippen molar-refractivity contribution in [3.63, 3.8) is 0 Å². The van der Waals surface area contributed by atoms with Crippen molar-refractivity contribution in [2.45, 2.75) is 26.4 Å². The van der Waals surface area contributed by atoms with E-state index in [1.165, 1.54) is 11.3 Å². The minimum absolute atomic E-state index is 0.127. The molecule has 7 heteroatoms. The molecule has 0 radical (unpaired) electrons. The first kappa shape index (κ1) is 14.9. The minimum Gasteiger partial charge on any atom is -0.481 e. The Balaban J connectivity index is 2.14. The molecule has 1 aromatic heterocycles. The third kappa shape index (κ3) is 2.83. The quantitative estimate of drug-likeness (QED) is 0.915. The summed E-state index contributed by atoms with van der Waals surface area (Å²) in [5.74, 6) is -1.42. The molecule has 0 unspecified atom stereocenters. The maximum Gasteiger partial charge on any atom is 0.308 e. The van der Waals surface area contributed by atoms with Crippen molar-refractivity contribution in [2.24, 2.45) is 5.92 Å². The van der Waals surface area contributed by atoms with Gasteiger partial charge in [0.2, 0.25) is 0 Å². The van der Waals surface area contributed by atoms with Gasteiger partial charge in [-0.2, -0.15) is 0 Å². The van der Waals surface area contributed by atoms with Crippen molar-refractivity contribution in [3.8, 4) is 0 Å². The van der Waals surface area contributed by atoms with Gasteiger partial charge in [-0.3, -0.25) is 9.59 Å². The molecule has 0 bridgehead atoms. The molecule has 1 aliphatic heterocycles. The molecule has 1 N–H and O–H groups in total. The molecule has 0 spiro atoms. The molecule has 0 aromatic carbocycles. The zero-order valence-corrected chi connectivity index (χ0v) is 12.6. The van der Waals surface area contributed by atoms with Gasteiger partial charge in [-0.15, -0.1) is 11.3 Å². The predicted molar refractivity (Wildman–Crippen MR) is 73.9 cm³/mol. The topological polar surface area (TPSA) is 79.7 Å². The number of aryl methyl sites for hydroxylation is 1. The number of methoxy groups -OCH3 is 1. The van der Waals surface area contributed by atoms with Crippen molar-refractivity contribution in [3.05, 3.63) is 15.6 Å². The molecule has 1 amide bonds. The van der Waals surface area contributed by atoms with Crippen molar-refractivity contribution >= 4 is 23.2 Å². The first-order chi connectivity index (χ1) is 9.43. The summed E-state index contributed by atoms with van der Waals surface area (Å²) in [6.45, 7) is 4.44. The number of carbonyl (C=O) groups is 2. The number of ether oxygens (including phenoxy) is 1. The summed E-state index contributed by atoms with van der Waals surface area (Å²) < 4.78 is 5.20. The zero-order valence-electron chi connectivity index (χ0n) is 11.8. The molecule has 1 aromatic rings. The fraction of sp³-hybridized carbons (Fsp3) is 0.615. The monoisotopic (exact) mass is 298 g/mol. The van der Waals surface area contributed by atoms with Crippen molar-refractivity contribution < 1.29 is 19.4 Å². The van der Waals surface area contributed by atoms with Gasteiger partial charge in [0.1, 0.15) is 16.0 Å². The molecule has 110 valence electrons. The van der Waals surface area contributed by atoms with Crippen LogP contribution in [-0.2, 0) is 9.53 Å². The molecule has 2 atom stereocenters. The third-order valence-corrected chi connectivity index (χ3v) is 4.84. The summed E-state index contributed by atoms with van der Waals surface area (Å²) in [4.78, 5) is 29.9. The van der Waals surface area contributed by atoms with E-state index in [0.717, 1.165) is 5.01 Å². The molecular weight excluding hydrogens is 280 g/mol. The zero-order chi connectivity index (χ0) is 14.9. The van der Waals surface area contributed by atoms with Crippen LogP contribution in [0.15, 0.2) is 0 Å². The van der Waals surface area contributed by atoms with Crippen LogP contribution in [0.25, 0.3) is 0 Å². The van der Waals surface area contributed by atoms with E-state index in [4.69, 9.17) is 9.84 Å². The summed E-state index contributed by atoms with van der Waals surface area (Å²) in [6.07, 6.45) is 0.367. The summed E-state index contributed by atoms with van der Waals surface area (Å²) in [7, 11) is 1.60. The average molecular weight is 298 g/mol. The lowest BCUT2D eigenvalue weighted by Gasteiger charge is -2.14. The number of aromatic nitrogens is 1. The number of hydrogen-bond donors (Lipinski definition) is 1. The number of rotatable bonds is 4. The number of amides is 1. The lowest BCUT2D eigenvalue weighted by Crippen LogP contribution is -2.29. The summed E-state index contributed by atoms with van der Waals surface area (Å²) in [5.41, 5.74) is 0.678. The number of aliphatic carboxylic acids is 1. The SMILES string of the molecule is CO[C@H](C)c1nc(C)c(C(=O)N2CC[C@@H](C(=O)O)C2)s1. The number of carboxylic acid groups (broad SMARTS) is 1. The largest absolute Gasteiger partial charge is 0.481 e. The van der Waals surface area contributed by atoms with Crippen LogP contribution in [-0.4, -0.2) is 47.1 Å². The van der Waals surface area contributed by atoms with Gasteiger partial charge >= 0.3 is 5.97 Å². The standard InChI is InChI=1S/C13H18N2O4S/c1-7-10(20-11(14-7)8(2)19-3)12(16)15-5-4-9(6-15)13(17)18/h8-9H,4-6H2,1-3H3,(H,17,18)/t8-,9-/m1/s1. The Bertz CT molecular complexity index is 528. The number of carbonyl (C=O) groups excluding carboxylic acids is 1. The van der Waals surface area contributed by atoms with E-state index >= 15 is 0 Å². The Morgan fingerprint density at radius 3 is 2.80 bits per heavy atom. The van der Waals surface area contributed by atoms with Crippen LogP contribution in [0.3, 0.4) is 0 Å². The lowest BCUT2D eigenvalue weighted by molar-refractivity contribution is -0.141. The van der Waals surface area contributed by atoms with E-state index in [1.807, 2.05) is 6.92 Å². The van der Waals surface area contributed by atoms with E-state index in [9.17, 15) is 9.59 Å². The van der Waals surface area contributed by atoms with Crippen LogP contribution in [0.5, 0.6) is 0 Å². The van der Waals surface area contributed by atoms with Crippen LogP contribution in [0.2, 0.25) is 0 Å². The molecule has 6 nitrogen and oxygen atoms in total. The van der Waals surface area contributed by atoms with E-state index in [0.29, 0.717) is 23.5 Å². The molecule has 2 heterocycles. The first-order valence-electron chi connectivity index (χ1n) is 6.46. The smallest absolute Gasteiger partial charge is 0.308 e. The number of thiazole rings is 1. The summed E-state index contributed by atoms with van der Waals surface area (Å²) in [5, 5.41) is 9.75. The highest BCUT2D eigenvalue weighted by atomic mass is 32.1. The molecule has 20 heavy (non-hydrogen) atoms. The molecule has 2 rings (SSSR count). The maximum atomic E-state index is 12.4. The second-order valence-electron chi connectivity index (χ2n) is 4.92. The van der Waals surface area contributed by atoms with Gasteiger partial charge in [0.15, 0.2) is 0 Å². The Hall–Kier alpha value is -1.47. The van der Waals surface area contributed by atoms with Gasteiger partial charge < -0.3 is 14.7 Å². The Kier molecular flexibility index (Phi) is 4.39. The Labute approximate surface area is 121 Å². The molecular formula is C13H18N2O4S. The molecule has 0 saturated carbocycles. The fourth-order valence-corrected chi connectivity index (χ4v) is 3.24. The van der Waals surface area contributed by atoms with E-state index in [2.05, 4.69) is 4.98 Å². The van der Waals surface area contributed by atoms with Crippen molar-refractivity contribution in [1.82, 2.24) is 9.88 Å². The second-order valence-corrected chi connectivity index (χ2v) is 5.95. The van der Waals surface area contributed by atoms with Crippen molar-refractivity contribution in [2.75, 3.05) is 20.2 Å². The van der Waals surface area contributed by atoms with Crippen molar-refractivity contribution in [1.29, 1.82) is 0 Å². The van der Waals surface area contributed by atoms with Gasteiger partial charge in [-0.25, -0.2) is 4.98 Å². The highest BCUT2D eigenvalue weighted by Crippen LogP contribution is 2.28. The van der Waals surface area contributed by atoms with Gasteiger partial charge in [-0.05, 0) is 20.3 Å².